The van der Waals surface area contributed by atoms with E-state index in [-0.39, 0.29) is 40.3 Å². The number of hydrogen-bond acceptors (Lipinski definition) is 5. The maximum atomic E-state index is 12.3. The maximum Gasteiger partial charge on any atom is 0.291 e. The number of hydrogen-bond donors (Lipinski definition) is 2. The van der Waals surface area contributed by atoms with Gasteiger partial charge in [-0.2, -0.15) is 0 Å². The lowest BCUT2D eigenvalue weighted by Gasteiger charge is -2.15. The maximum absolute atomic E-state index is 12.3. The van der Waals surface area contributed by atoms with E-state index in [9.17, 15) is 13.6 Å². The average molecular weight is 313 g/mol. The van der Waals surface area contributed by atoms with E-state index < -0.39 is 6.43 Å². The van der Waals surface area contributed by atoms with Gasteiger partial charge in [-0.1, -0.05) is 17.8 Å². The molecule has 1 fully saturated rings. The molecule has 0 aliphatic heterocycles. The van der Waals surface area contributed by atoms with Gasteiger partial charge in [0.15, 0.2) is 5.01 Å². The molecule has 0 saturated heterocycles. The highest BCUT2D eigenvalue weighted by atomic mass is 35.5. The van der Waals surface area contributed by atoms with Crippen LogP contribution in [0.25, 0.3) is 0 Å². The molecule has 0 radical (unpaired) electrons. The molecule has 1 heterocycles. The predicted octanol–water partition coefficient (Wildman–Crippen LogP) is 2.21. The van der Waals surface area contributed by atoms with E-state index in [4.69, 9.17) is 5.73 Å². The monoisotopic (exact) mass is 312 g/mol. The van der Waals surface area contributed by atoms with Crippen LogP contribution in [0.15, 0.2) is 0 Å². The van der Waals surface area contributed by atoms with Crippen molar-refractivity contribution in [3.63, 3.8) is 0 Å². The molecule has 1 aliphatic carbocycles. The van der Waals surface area contributed by atoms with E-state index in [1.165, 1.54) is 0 Å². The standard InChI is InChI=1S/C10H14F2N4OS.ClH/c11-7(12)9-15-16-10(18-9)14-8(17)6-3-1-2-5(6)4-13;/h5-7H,1-4,13H2,(H,14,16,17);1H/t5-,6-;/m1./s1. The minimum atomic E-state index is -2.66. The van der Waals surface area contributed by atoms with Crippen LogP contribution in [-0.2, 0) is 4.79 Å². The summed E-state index contributed by atoms with van der Waals surface area (Å²) in [6.45, 7) is 0.469. The Hall–Kier alpha value is -0.860. The van der Waals surface area contributed by atoms with Gasteiger partial charge in [-0.05, 0) is 25.3 Å². The molecule has 1 saturated carbocycles. The highest BCUT2D eigenvalue weighted by Crippen LogP contribution is 2.32. The summed E-state index contributed by atoms with van der Waals surface area (Å²) < 4.78 is 24.6. The first-order valence-corrected chi connectivity index (χ1v) is 6.56. The second-order valence-electron chi connectivity index (χ2n) is 4.27. The van der Waals surface area contributed by atoms with E-state index in [1.807, 2.05) is 0 Å². The topological polar surface area (TPSA) is 80.9 Å². The van der Waals surface area contributed by atoms with Gasteiger partial charge in [-0.25, -0.2) is 8.78 Å². The van der Waals surface area contributed by atoms with E-state index >= 15 is 0 Å². The molecule has 0 bridgehead atoms. The fourth-order valence-electron chi connectivity index (χ4n) is 2.24. The van der Waals surface area contributed by atoms with Crippen LogP contribution in [-0.4, -0.2) is 22.6 Å². The van der Waals surface area contributed by atoms with Crippen molar-refractivity contribution in [1.82, 2.24) is 10.2 Å². The Morgan fingerprint density at radius 2 is 2.21 bits per heavy atom. The lowest BCUT2D eigenvalue weighted by Crippen LogP contribution is -2.29. The second kappa shape index (κ2) is 7.06. The summed E-state index contributed by atoms with van der Waals surface area (Å²) >= 11 is 0.702. The van der Waals surface area contributed by atoms with E-state index in [0.29, 0.717) is 17.9 Å². The van der Waals surface area contributed by atoms with Crippen LogP contribution >= 0.6 is 23.7 Å². The Kier molecular flexibility index (Phi) is 6.02. The molecule has 1 aromatic heterocycles. The van der Waals surface area contributed by atoms with E-state index in [2.05, 4.69) is 15.5 Å². The molecular formula is C10H15ClF2N4OS. The summed E-state index contributed by atoms with van der Waals surface area (Å²) in [5.41, 5.74) is 5.59. The highest BCUT2D eigenvalue weighted by molar-refractivity contribution is 7.15. The summed E-state index contributed by atoms with van der Waals surface area (Å²) in [5, 5.41) is 9.12. The van der Waals surface area contributed by atoms with Gasteiger partial charge < -0.3 is 11.1 Å². The summed E-state index contributed by atoms with van der Waals surface area (Å²) in [5.74, 6) is -0.165. The zero-order valence-corrected chi connectivity index (χ0v) is 11.6. The molecule has 3 N–H and O–H groups in total. The van der Waals surface area contributed by atoms with Gasteiger partial charge in [0.1, 0.15) is 0 Å². The number of amides is 1. The molecule has 0 aromatic carbocycles. The van der Waals surface area contributed by atoms with Crippen molar-refractivity contribution in [3.8, 4) is 0 Å². The molecule has 0 unspecified atom stereocenters. The van der Waals surface area contributed by atoms with E-state index in [1.54, 1.807) is 0 Å². The van der Waals surface area contributed by atoms with Crippen molar-refractivity contribution in [2.75, 3.05) is 11.9 Å². The third-order valence-electron chi connectivity index (χ3n) is 3.16. The van der Waals surface area contributed by atoms with Gasteiger partial charge in [0, 0.05) is 5.92 Å². The van der Waals surface area contributed by atoms with Crippen molar-refractivity contribution < 1.29 is 13.6 Å². The average Bonchev–Trinajstić information content (AvgIpc) is 2.96. The quantitative estimate of drug-likeness (QED) is 0.893. The number of halogens is 3. The molecule has 1 amide bonds. The van der Waals surface area contributed by atoms with Crippen LogP contribution < -0.4 is 11.1 Å². The number of nitrogens with two attached hydrogens (primary N) is 1. The Balaban J connectivity index is 0.00000180. The second-order valence-corrected chi connectivity index (χ2v) is 5.28. The third-order valence-corrected chi connectivity index (χ3v) is 4.00. The smallest absolute Gasteiger partial charge is 0.291 e. The summed E-state index contributed by atoms with van der Waals surface area (Å²) in [6.07, 6.45) is 0.0379. The van der Waals surface area contributed by atoms with Crippen LogP contribution in [0.1, 0.15) is 30.7 Å². The molecule has 1 aliphatic rings. The number of nitrogens with zero attached hydrogens (tertiary/aromatic N) is 2. The van der Waals surface area contributed by atoms with Crippen molar-refractivity contribution in [1.29, 1.82) is 0 Å². The molecule has 2 rings (SSSR count). The minimum Gasteiger partial charge on any atom is -0.330 e. The largest absolute Gasteiger partial charge is 0.330 e. The number of alkyl halides is 2. The van der Waals surface area contributed by atoms with Crippen LogP contribution in [0, 0.1) is 11.8 Å². The third kappa shape index (κ3) is 3.80. The first-order valence-electron chi connectivity index (χ1n) is 5.74. The zero-order valence-electron chi connectivity index (χ0n) is 10.0. The highest BCUT2D eigenvalue weighted by Gasteiger charge is 2.32. The number of carbonyl (C=O) groups excluding carboxylic acids is 1. The summed E-state index contributed by atoms with van der Waals surface area (Å²) in [7, 11) is 0. The van der Waals surface area contributed by atoms with Gasteiger partial charge in [0.2, 0.25) is 11.0 Å². The molecule has 0 spiro atoms. The number of rotatable bonds is 4. The molecule has 5 nitrogen and oxygen atoms in total. The van der Waals surface area contributed by atoms with Gasteiger partial charge in [0.25, 0.3) is 6.43 Å². The Labute approximate surface area is 119 Å². The molecule has 2 atom stereocenters. The number of carbonyl (C=O) groups is 1. The summed E-state index contributed by atoms with van der Waals surface area (Å²) in [6, 6.07) is 0. The predicted molar refractivity (Wildman–Crippen MR) is 70.6 cm³/mol. The van der Waals surface area contributed by atoms with E-state index in [0.717, 1.165) is 19.3 Å². The normalized spacial score (nSPS) is 22.3. The number of anilines is 1. The fourth-order valence-corrected chi connectivity index (χ4v) is 2.84. The van der Waals surface area contributed by atoms with Crippen LogP contribution in [0.2, 0.25) is 0 Å². The van der Waals surface area contributed by atoms with Crippen molar-refractivity contribution >= 4 is 34.8 Å². The SMILES string of the molecule is Cl.NC[C@H]1CCC[C@H]1C(=O)Nc1nnc(C(F)F)s1. The minimum absolute atomic E-state index is 0. The van der Waals surface area contributed by atoms with Gasteiger partial charge in [-0.15, -0.1) is 22.6 Å². The van der Waals surface area contributed by atoms with Crippen LogP contribution in [0.3, 0.4) is 0 Å². The first kappa shape index (κ1) is 16.2. The van der Waals surface area contributed by atoms with Crippen LogP contribution in [0.5, 0.6) is 0 Å². The molecular weight excluding hydrogens is 298 g/mol. The Morgan fingerprint density at radius 1 is 1.47 bits per heavy atom. The van der Waals surface area contributed by atoms with Gasteiger partial charge in [-0.3, -0.25) is 4.79 Å². The first-order chi connectivity index (χ1) is 8.61. The summed E-state index contributed by atoms with van der Waals surface area (Å²) in [4.78, 5) is 11.9. The molecule has 1 aromatic rings. The molecule has 108 valence electrons. The van der Waals surface area contributed by atoms with Crippen molar-refractivity contribution in [3.05, 3.63) is 5.01 Å². The zero-order chi connectivity index (χ0) is 13.1. The molecule has 9 heteroatoms. The van der Waals surface area contributed by atoms with Gasteiger partial charge in [0.05, 0.1) is 0 Å². The van der Waals surface area contributed by atoms with Crippen molar-refractivity contribution in [2.45, 2.75) is 25.7 Å². The lowest BCUT2D eigenvalue weighted by molar-refractivity contribution is -0.120. The number of aromatic nitrogens is 2. The van der Waals surface area contributed by atoms with Crippen LogP contribution in [0.4, 0.5) is 13.9 Å². The Bertz CT molecular complexity index is 431. The van der Waals surface area contributed by atoms with Gasteiger partial charge >= 0.3 is 0 Å². The van der Waals surface area contributed by atoms with Crippen molar-refractivity contribution in [2.24, 2.45) is 17.6 Å². The fraction of sp³-hybridized carbons (Fsp3) is 0.700. The molecule has 19 heavy (non-hydrogen) atoms. The lowest BCUT2D eigenvalue weighted by atomic mass is 9.95. The number of nitrogens with one attached hydrogen (secondary N) is 1. The Morgan fingerprint density at radius 3 is 2.79 bits per heavy atom.